The van der Waals surface area contributed by atoms with Crippen LogP contribution in [-0.4, -0.2) is 25.2 Å². The van der Waals surface area contributed by atoms with E-state index < -0.39 is 0 Å². The first kappa shape index (κ1) is 16.7. The number of benzene rings is 1. The minimum atomic E-state index is -0.0735. The van der Waals surface area contributed by atoms with Gasteiger partial charge < -0.3 is 15.4 Å². The SMILES string of the molecule is Cc1ccc(OCCNC(=O)NC2CCCCCC2)cc1C. The summed E-state index contributed by atoms with van der Waals surface area (Å²) < 4.78 is 5.66. The summed E-state index contributed by atoms with van der Waals surface area (Å²) in [6.07, 6.45) is 7.24. The Labute approximate surface area is 133 Å². The van der Waals surface area contributed by atoms with Gasteiger partial charge in [0.25, 0.3) is 0 Å². The first-order chi connectivity index (χ1) is 10.6. The van der Waals surface area contributed by atoms with Gasteiger partial charge in [-0.05, 0) is 49.9 Å². The van der Waals surface area contributed by atoms with Crippen LogP contribution in [0.5, 0.6) is 5.75 Å². The van der Waals surface area contributed by atoms with Gasteiger partial charge in [0, 0.05) is 6.04 Å². The van der Waals surface area contributed by atoms with Gasteiger partial charge in [0.05, 0.1) is 6.54 Å². The third kappa shape index (κ3) is 5.58. The van der Waals surface area contributed by atoms with Gasteiger partial charge in [-0.3, -0.25) is 0 Å². The number of nitrogens with one attached hydrogen (secondary N) is 2. The molecule has 1 aromatic rings. The largest absolute Gasteiger partial charge is 0.492 e. The Kier molecular flexibility index (Phi) is 6.56. The standard InChI is InChI=1S/C18H28N2O2/c1-14-9-10-17(13-15(14)2)22-12-11-19-18(21)20-16-7-5-3-4-6-8-16/h9-10,13,16H,3-8,11-12H2,1-2H3,(H2,19,20,21). The van der Waals surface area contributed by atoms with Crippen molar-refractivity contribution in [2.24, 2.45) is 0 Å². The Morgan fingerprint density at radius 2 is 1.86 bits per heavy atom. The van der Waals surface area contributed by atoms with Crippen LogP contribution in [0.2, 0.25) is 0 Å². The van der Waals surface area contributed by atoms with Crippen molar-refractivity contribution < 1.29 is 9.53 Å². The van der Waals surface area contributed by atoms with E-state index in [1.165, 1.54) is 36.8 Å². The lowest BCUT2D eigenvalue weighted by molar-refractivity contribution is 0.231. The number of hydrogen-bond donors (Lipinski definition) is 2. The molecule has 0 aromatic heterocycles. The van der Waals surface area contributed by atoms with Gasteiger partial charge in [-0.1, -0.05) is 31.7 Å². The van der Waals surface area contributed by atoms with Crippen LogP contribution >= 0.6 is 0 Å². The van der Waals surface area contributed by atoms with Gasteiger partial charge in [-0.2, -0.15) is 0 Å². The first-order valence-electron chi connectivity index (χ1n) is 8.39. The second-order valence-corrected chi connectivity index (χ2v) is 6.18. The van der Waals surface area contributed by atoms with E-state index in [9.17, 15) is 4.79 Å². The summed E-state index contributed by atoms with van der Waals surface area (Å²) in [5, 5.41) is 5.94. The van der Waals surface area contributed by atoms with Crippen molar-refractivity contribution in [3.8, 4) is 5.75 Å². The molecular formula is C18H28N2O2. The Morgan fingerprint density at radius 1 is 1.14 bits per heavy atom. The summed E-state index contributed by atoms with van der Waals surface area (Å²) >= 11 is 0. The highest BCUT2D eigenvalue weighted by molar-refractivity contribution is 5.74. The second-order valence-electron chi connectivity index (χ2n) is 6.18. The molecule has 0 saturated heterocycles. The normalized spacial score (nSPS) is 15.9. The molecule has 0 radical (unpaired) electrons. The fourth-order valence-electron chi connectivity index (χ4n) is 2.80. The fourth-order valence-corrected chi connectivity index (χ4v) is 2.80. The molecule has 1 aliphatic carbocycles. The van der Waals surface area contributed by atoms with E-state index in [0.29, 0.717) is 19.2 Å². The highest BCUT2D eigenvalue weighted by atomic mass is 16.5. The van der Waals surface area contributed by atoms with E-state index in [0.717, 1.165) is 18.6 Å². The zero-order valence-electron chi connectivity index (χ0n) is 13.8. The third-order valence-electron chi connectivity index (χ3n) is 4.33. The van der Waals surface area contributed by atoms with E-state index in [-0.39, 0.29) is 6.03 Å². The first-order valence-corrected chi connectivity index (χ1v) is 8.39. The maximum atomic E-state index is 11.9. The van der Waals surface area contributed by atoms with Crippen LogP contribution in [0.3, 0.4) is 0 Å². The number of carbonyl (C=O) groups is 1. The summed E-state index contributed by atoms with van der Waals surface area (Å²) in [5.74, 6) is 0.856. The molecule has 0 atom stereocenters. The summed E-state index contributed by atoms with van der Waals surface area (Å²) in [7, 11) is 0. The number of ether oxygens (including phenoxy) is 1. The molecule has 122 valence electrons. The van der Waals surface area contributed by atoms with Gasteiger partial charge in [0.1, 0.15) is 12.4 Å². The Hall–Kier alpha value is -1.71. The monoisotopic (exact) mass is 304 g/mol. The number of urea groups is 1. The Morgan fingerprint density at radius 3 is 2.55 bits per heavy atom. The summed E-state index contributed by atoms with van der Waals surface area (Å²) in [4.78, 5) is 11.9. The van der Waals surface area contributed by atoms with Crippen molar-refractivity contribution in [3.63, 3.8) is 0 Å². The van der Waals surface area contributed by atoms with Crippen molar-refractivity contribution in [2.75, 3.05) is 13.2 Å². The number of rotatable bonds is 5. The molecule has 0 spiro atoms. The molecule has 0 bridgehead atoms. The van der Waals surface area contributed by atoms with Crippen LogP contribution < -0.4 is 15.4 Å². The smallest absolute Gasteiger partial charge is 0.315 e. The molecule has 2 amide bonds. The average molecular weight is 304 g/mol. The lowest BCUT2D eigenvalue weighted by Gasteiger charge is -2.17. The van der Waals surface area contributed by atoms with Crippen LogP contribution in [0.15, 0.2) is 18.2 Å². The fraction of sp³-hybridized carbons (Fsp3) is 0.611. The quantitative estimate of drug-likeness (QED) is 0.643. The van der Waals surface area contributed by atoms with Crippen molar-refractivity contribution in [1.29, 1.82) is 0 Å². The minimum absolute atomic E-state index is 0.0735. The number of amides is 2. The molecule has 1 aliphatic rings. The molecule has 0 unspecified atom stereocenters. The minimum Gasteiger partial charge on any atom is -0.492 e. The lowest BCUT2D eigenvalue weighted by Crippen LogP contribution is -2.43. The van der Waals surface area contributed by atoms with Gasteiger partial charge in [0.2, 0.25) is 0 Å². The van der Waals surface area contributed by atoms with Gasteiger partial charge in [0.15, 0.2) is 0 Å². The van der Waals surface area contributed by atoms with Gasteiger partial charge in [-0.25, -0.2) is 4.79 Å². The van der Waals surface area contributed by atoms with Crippen molar-refractivity contribution in [2.45, 2.75) is 58.4 Å². The number of carbonyl (C=O) groups excluding carboxylic acids is 1. The van der Waals surface area contributed by atoms with E-state index >= 15 is 0 Å². The summed E-state index contributed by atoms with van der Waals surface area (Å²) in [6, 6.07) is 6.31. The highest BCUT2D eigenvalue weighted by Crippen LogP contribution is 2.17. The molecule has 0 heterocycles. The summed E-state index contributed by atoms with van der Waals surface area (Å²) in [5.41, 5.74) is 2.48. The Bertz CT molecular complexity index is 480. The molecule has 1 saturated carbocycles. The van der Waals surface area contributed by atoms with Crippen molar-refractivity contribution >= 4 is 6.03 Å². The van der Waals surface area contributed by atoms with Crippen LogP contribution in [0.25, 0.3) is 0 Å². The topological polar surface area (TPSA) is 50.4 Å². The molecule has 2 rings (SSSR count). The molecule has 4 heteroatoms. The summed E-state index contributed by atoms with van der Waals surface area (Å²) in [6.45, 7) is 5.16. The van der Waals surface area contributed by atoms with E-state index in [1.807, 2.05) is 12.1 Å². The molecule has 2 N–H and O–H groups in total. The average Bonchev–Trinajstić information content (AvgIpc) is 2.76. The number of aryl methyl sites for hydroxylation is 2. The molecule has 1 fully saturated rings. The number of hydrogen-bond acceptors (Lipinski definition) is 2. The molecule has 1 aromatic carbocycles. The predicted octanol–water partition coefficient (Wildman–Crippen LogP) is 3.70. The van der Waals surface area contributed by atoms with Crippen LogP contribution in [0, 0.1) is 13.8 Å². The molecule has 0 aliphatic heterocycles. The van der Waals surface area contributed by atoms with Gasteiger partial charge in [-0.15, -0.1) is 0 Å². The zero-order valence-corrected chi connectivity index (χ0v) is 13.8. The van der Waals surface area contributed by atoms with E-state index in [4.69, 9.17) is 4.74 Å². The van der Waals surface area contributed by atoms with Gasteiger partial charge >= 0.3 is 6.03 Å². The van der Waals surface area contributed by atoms with Crippen LogP contribution in [0.1, 0.15) is 49.7 Å². The third-order valence-corrected chi connectivity index (χ3v) is 4.33. The van der Waals surface area contributed by atoms with E-state index in [2.05, 4.69) is 30.5 Å². The van der Waals surface area contributed by atoms with Crippen molar-refractivity contribution in [3.05, 3.63) is 29.3 Å². The molecule has 4 nitrogen and oxygen atoms in total. The molecular weight excluding hydrogens is 276 g/mol. The maximum Gasteiger partial charge on any atom is 0.315 e. The van der Waals surface area contributed by atoms with E-state index in [1.54, 1.807) is 0 Å². The predicted molar refractivity (Wildman–Crippen MR) is 89.4 cm³/mol. The molecule has 22 heavy (non-hydrogen) atoms. The maximum absolute atomic E-state index is 11.9. The van der Waals surface area contributed by atoms with Crippen LogP contribution in [-0.2, 0) is 0 Å². The zero-order chi connectivity index (χ0) is 15.8. The second kappa shape index (κ2) is 8.66. The van der Waals surface area contributed by atoms with Crippen molar-refractivity contribution in [1.82, 2.24) is 10.6 Å². The highest BCUT2D eigenvalue weighted by Gasteiger charge is 2.14. The van der Waals surface area contributed by atoms with Crippen LogP contribution in [0.4, 0.5) is 4.79 Å². The Balaban J connectivity index is 1.63. The lowest BCUT2D eigenvalue weighted by atomic mass is 10.1.